The van der Waals surface area contributed by atoms with Crippen LogP contribution in [0.2, 0.25) is 0 Å². The molecule has 0 aliphatic rings. The molecule has 9 heteroatoms. The molecule has 0 saturated carbocycles. The van der Waals surface area contributed by atoms with Crippen LogP contribution in [0.1, 0.15) is 29.3 Å². The molecule has 1 heterocycles. The first-order valence-electron chi connectivity index (χ1n) is 7.62. The monoisotopic (exact) mass is 365 g/mol. The van der Waals surface area contributed by atoms with E-state index in [-0.39, 0.29) is 17.3 Å². The second-order valence-corrected chi connectivity index (χ2v) is 7.66. The van der Waals surface area contributed by atoms with Crippen LogP contribution in [0.5, 0.6) is 0 Å². The highest BCUT2D eigenvalue weighted by Crippen LogP contribution is 2.15. The van der Waals surface area contributed by atoms with E-state index in [1.165, 1.54) is 12.1 Å². The Morgan fingerprint density at radius 1 is 1.28 bits per heavy atom. The summed E-state index contributed by atoms with van der Waals surface area (Å²) >= 11 is 0. The van der Waals surface area contributed by atoms with Gasteiger partial charge in [-0.15, -0.1) is 0 Å². The number of aromatic nitrogens is 2. The van der Waals surface area contributed by atoms with Gasteiger partial charge in [-0.3, -0.25) is 19.1 Å². The van der Waals surface area contributed by atoms with Crippen LogP contribution in [-0.2, 0) is 16.4 Å². The SMILES string of the molecule is CCCn1c(N)c(C(=O)CS(=O)(=O)c2cccc(C)c2)c(=O)[nH]c1=O. The van der Waals surface area contributed by atoms with Gasteiger partial charge in [0.15, 0.2) is 15.6 Å². The molecule has 2 rings (SSSR count). The summed E-state index contributed by atoms with van der Waals surface area (Å²) in [5, 5.41) is 0. The molecule has 0 bridgehead atoms. The second-order valence-electron chi connectivity index (χ2n) is 5.67. The fourth-order valence-electron chi connectivity index (χ4n) is 2.44. The molecule has 0 radical (unpaired) electrons. The van der Waals surface area contributed by atoms with Gasteiger partial charge in [-0.2, -0.15) is 0 Å². The number of anilines is 1. The van der Waals surface area contributed by atoms with Crippen LogP contribution < -0.4 is 17.0 Å². The molecule has 134 valence electrons. The number of aryl methyl sites for hydroxylation is 1. The van der Waals surface area contributed by atoms with Gasteiger partial charge in [0.2, 0.25) is 0 Å². The van der Waals surface area contributed by atoms with Crippen molar-refractivity contribution in [3.8, 4) is 0 Å². The van der Waals surface area contributed by atoms with E-state index in [2.05, 4.69) is 0 Å². The van der Waals surface area contributed by atoms with Crippen LogP contribution >= 0.6 is 0 Å². The first-order chi connectivity index (χ1) is 11.7. The van der Waals surface area contributed by atoms with Gasteiger partial charge >= 0.3 is 5.69 Å². The van der Waals surface area contributed by atoms with Crippen molar-refractivity contribution in [2.24, 2.45) is 0 Å². The minimum atomic E-state index is -3.94. The molecule has 1 aromatic carbocycles. The quantitative estimate of drug-likeness (QED) is 0.716. The number of rotatable bonds is 6. The van der Waals surface area contributed by atoms with Crippen molar-refractivity contribution < 1.29 is 13.2 Å². The molecular formula is C16H19N3O5S. The smallest absolute Gasteiger partial charge is 0.329 e. The van der Waals surface area contributed by atoms with E-state index in [1.54, 1.807) is 26.0 Å². The number of hydrogen-bond acceptors (Lipinski definition) is 6. The number of benzene rings is 1. The number of ketones is 1. The van der Waals surface area contributed by atoms with E-state index < -0.39 is 38.2 Å². The van der Waals surface area contributed by atoms with E-state index in [0.29, 0.717) is 6.42 Å². The normalized spacial score (nSPS) is 11.4. The molecule has 0 spiro atoms. The summed E-state index contributed by atoms with van der Waals surface area (Å²) < 4.78 is 25.9. The van der Waals surface area contributed by atoms with Crippen LogP contribution in [0.15, 0.2) is 38.8 Å². The zero-order chi connectivity index (χ0) is 18.8. The predicted molar refractivity (Wildman–Crippen MR) is 93.6 cm³/mol. The Kier molecular flexibility index (Phi) is 5.27. The zero-order valence-corrected chi connectivity index (χ0v) is 14.7. The first kappa shape index (κ1) is 18.7. The predicted octanol–water partition coefficient (Wildman–Crippen LogP) is 0.494. The van der Waals surface area contributed by atoms with Crippen LogP contribution in [0, 0.1) is 6.92 Å². The van der Waals surface area contributed by atoms with Crippen molar-refractivity contribution in [1.82, 2.24) is 9.55 Å². The zero-order valence-electron chi connectivity index (χ0n) is 13.9. The van der Waals surface area contributed by atoms with Crippen molar-refractivity contribution in [3.63, 3.8) is 0 Å². The third-order valence-corrected chi connectivity index (χ3v) is 5.25. The third-order valence-electron chi connectivity index (χ3n) is 3.64. The van der Waals surface area contributed by atoms with Gasteiger partial charge < -0.3 is 5.73 Å². The number of carbonyl (C=O) groups is 1. The molecule has 0 amide bonds. The number of aromatic amines is 1. The Hall–Kier alpha value is -2.68. The van der Waals surface area contributed by atoms with E-state index >= 15 is 0 Å². The van der Waals surface area contributed by atoms with E-state index in [4.69, 9.17) is 5.73 Å². The highest BCUT2D eigenvalue weighted by Gasteiger charge is 2.25. The lowest BCUT2D eigenvalue weighted by Crippen LogP contribution is -2.37. The summed E-state index contributed by atoms with van der Waals surface area (Å²) in [5.41, 5.74) is 4.27. The molecule has 0 aliphatic carbocycles. The molecule has 3 N–H and O–H groups in total. The maximum absolute atomic E-state index is 12.4. The van der Waals surface area contributed by atoms with Gasteiger partial charge in [0, 0.05) is 6.54 Å². The Morgan fingerprint density at radius 3 is 2.56 bits per heavy atom. The maximum Gasteiger partial charge on any atom is 0.329 e. The number of sulfone groups is 1. The summed E-state index contributed by atoms with van der Waals surface area (Å²) in [6.07, 6.45) is 0.547. The number of carbonyl (C=O) groups excluding carboxylic acids is 1. The summed E-state index contributed by atoms with van der Waals surface area (Å²) in [7, 11) is -3.94. The number of H-pyrrole nitrogens is 1. The average molecular weight is 365 g/mol. The number of hydrogen-bond donors (Lipinski definition) is 2. The molecule has 0 aliphatic heterocycles. The Labute approximate surface area is 144 Å². The Morgan fingerprint density at radius 2 is 1.96 bits per heavy atom. The highest BCUT2D eigenvalue weighted by molar-refractivity contribution is 7.92. The fraction of sp³-hybridized carbons (Fsp3) is 0.312. The summed E-state index contributed by atoms with van der Waals surface area (Å²) in [6, 6.07) is 6.11. The molecule has 25 heavy (non-hydrogen) atoms. The molecular weight excluding hydrogens is 346 g/mol. The average Bonchev–Trinajstić information content (AvgIpc) is 2.50. The first-order valence-corrected chi connectivity index (χ1v) is 9.27. The fourth-order valence-corrected chi connectivity index (χ4v) is 3.75. The van der Waals surface area contributed by atoms with Gasteiger partial charge in [-0.05, 0) is 31.0 Å². The van der Waals surface area contributed by atoms with Gasteiger partial charge in [0.1, 0.15) is 17.1 Å². The lowest BCUT2D eigenvalue weighted by atomic mass is 10.2. The molecule has 0 atom stereocenters. The van der Waals surface area contributed by atoms with E-state index in [0.717, 1.165) is 10.1 Å². The van der Waals surface area contributed by atoms with Crippen molar-refractivity contribution in [3.05, 3.63) is 56.2 Å². The van der Waals surface area contributed by atoms with Crippen LogP contribution in [0.25, 0.3) is 0 Å². The van der Waals surface area contributed by atoms with Crippen LogP contribution in [0.4, 0.5) is 5.82 Å². The van der Waals surface area contributed by atoms with Crippen LogP contribution in [-0.4, -0.2) is 29.5 Å². The van der Waals surface area contributed by atoms with Gasteiger partial charge in [0.25, 0.3) is 5.56 Å². The molecule has 0 unspecified atom stereocenters. The van der Waals surface area contributed by atoms with E-state index in [9.17, 15) is 22.8 Å². The van der Waals surface area contributed by atoms with Crippen LogP contribution in [0.3, 0.4) is 0 Å². The molecule has 2 aromatic rings. The van der Waals surface area contributed by atoms with Crippen molar-refractivity contribution >= 4 is 21.4 Å². The van der Waals surface area contributed by atoms with Crippen molar-refractivity contribution in [2.45, 2.75) is 31.7 Å². The minimum absolute atomic E-state index is 0.0160. The van der Waals surface area contributed by atoms with Gasteiger partial charge in [0.05, 0.1) is 4.90 Å². The largest absolute Gasteiger partial charge is 0.384 e. The summed E-state index contributed by atoms with van der Waals surface area (Å²) in [4.78, 5) is 38.2. The molecule has 1 aromatic heterocycles. The molecule has 8 nitrogen and oxygen atoms in total. The van der Waals surface area contributed by atoms with Gasteiger partial charge in [-0.25, -0.2) is 13.2 Å². The minimum Gasteiger partial charge on any atom is -0.384 e. The lowest BCUT2D eigenvalue weighted by Gasteiger charge is -2.11. The third kappa shape index (κ3) is 3.87. The summed E-state index contributed by atoms with van der Waals surface area (Å²) in [5.74, 6) is -2.18. The number of nitrogens with zero attached hydrogens (tertiary/aromatic N) is 1. The lowest BCUT2D eigenvalue weighted by molar-refractivity contribution is 0.101. The van der Waals surface area contributed by atoms with Crippen molar-refractivity contribution in [1.29, 1.82) is 0 Å². The highest BCUT2D eigenvalue weighted by atomic mass is 32.2. The van der Waals surface area contributed by atoms with E-state index in [1.807, 2.05) is 4.98 Å². The molecule has 0 saturated heterocycles. The Bertz CT molecular complexity index is 1030. The summed E-state index contributed by atoms with van der Waals surface area (Å²) in [6.45, 7) is 3.72. The number of nitrogens with one attached hydrogen (secondary N) is 1. The maximum atomic E-state index is 12.4. The number of nitrogens with two attached hydrogens (primary N) is 1. The molecule has 0 fully saturated rings. The van der Waals surface area contributed by atoms with Crippen molar-refractivity contribution in [2.75, 3.05) is 11.5 Å². The number of nitrogen functional groups attached to an aromatic ring is 1. The topological polar surface area (TPSA) is 132 Å². The standard InChI is InChI=1S/C16H19N3O5S/c1-3-7-19-14(17)13(15(21)18-16(19)22)12(20)9-25(23,24)11-6-4-5-10(2)8-11/h4-6,8H,3,7,9,17H2,1-2H3,(H,18,21,22). The second kappa shape index (κ2) is 7.06. The Balaban J connectivity index is 2.47. The van der Waals surface area contributed by atoms with Gasteiger partial charge in [-0.1, -0.05) is 19.1 Å². The number of Topliss-reactive ketones (excluding diaryl/α,β-unsaturated/α-hetero) is 1.